The van der Waals surface area contributed by atoms with Gasteiger partial charge in [0.1, 0.15) is 0 Å². The summed E-state index contributed by atoms with van der Waals surface area (Å²) in [7, 11) is 1.77. The maximum absolute atomic E-state index is 12.7. The van der Waals surface area contributed by atoms with Gasteiger partial charge in [-0.15, -0.1) is 0 Å². The largest absolute Gasteiger partial charge is 0.376 e. The third kappa shape index (κ3) is 3.56. The standard InChI is InChI=1S/C22H26N2O3/c1-15-11-18(13-23(2)22(15)26)17-7-6-16-8-9-21(25)24(20(16)12-17)14-19-5-3-4-10-27-19/h6-7,11-13,19H,3-5,8-10,14H2,1-2H3/t19-/m0/s1. The third-order valence-corrected chi connectivity index (χ3v) is 5.64. The molecule has 1 saturated heterocycles. The van der Waals surface area contributed by atoms with Crippen LogP contribution in [-0.2, 0) is 23.0 Å². The summed E-state index contributed by atoms with van der Waals surface area (Å²) < 4.78 is 7.49. The number of carbonyl (C=O) groups is 1. The van der Waals surface area contributed by atoms with Crippen molar-refractivity contribution in [2.45, 2.75) is 45.1 Å². The van der Waals surface area contributed by atoms with Gasteiger partial charge < -0.3 is 14.2 Å². The maximum Gasteiger partial charge on any atom is 0.253 e. The zero-order valence-electron chi connectivity index (χ0n) is 16.0. The molecule has 5 nitrogen and oxygen atoms in total. The molecule has 0 bridgehead atoms. The van der Waals surface area contributed by atoms with Crippen LogP contribution < -0.4 is 10.5 Å². The van der Waals surface area contributed by atoms with Crippen LogP contribution in [-0.4, -0.2) is 29.7 Å². The molecule has 2 aromatic rings. The van der Waals surface area contributed by atoms with E-state index in [1.54, 1.807) is 11.6 Å². The van der Waals surface area contributed by atoms with Gasteiger partial charge in [0.15, 0.2) is 0 Å². The van der Waals surface area contributed by atoms with Gasteiger partial charge in [0.2, 0.25) is 5.91 Å². The van der Waals surface area contributed by atoms with Gasteiger partial charge in [-0.25, -0.2) is 0 Å². The number of benzene rings is 1. The zero-order chi connectivity index (χ0) is 19.0. The normalized spacial score (nSPS) is 19.9. The summed E-state index contributed by atoms with van der Waals surface area (Å²) in [6.45, 7) is 3.25. The fourth-order valence-electron chi connectivity index (χ4n) is 4.11. The first-order valence-electron chi connectivity index (χ1n) is 9.75. The van der Waals surface area contributed by atoms with E-state index < -0.39 is 0 Å². The molecule has 2 aliphatic rings. The number of pyridine rings is 1. The van der Waals surface area contributed by atoms with Gasteiger partial charge in [0.05, 0.1) is 12.6 Å². The molecule has 5 heteroatoms. The van der Waals surface area contributed by atoms with E-state index in [0.717, 1.165) is 54.7 Å². The Hall–Kier alpha value is -2.40. The molecule has 0 radical (unpaired) electrons. The minimum absolute atomic E-state index is 0.0166. The summed E-state index contributed by atoms with van der Waals surface area (Å²) in [6, 6.07) is 8.22. The van der Waals surface area contributed by atoms with Gasteiger partial charge in [-0.2, -0.15) is 0 Å². The van der Waals surface area contributed by atoms with E-state index >= 15 is 0 Å². The molecule has 142 valence electrons. The lowest BCUT2D eigenvalue weighted by Gasteiger charge is -2.34. The number of hydrogen-bond donors (Lipinski definition) is 0. The lowest BCUT2D eigenvalue weighted by molar-refractivity contribution is -0.119. The molecule has 2 aliphatic heterocycles. The van der Waals surface area contributed by atoms with E-state index in [2.05, 4.69) is 18.2 Å². The van der Waals surface area contributed by atoms with Crippen molar-refractivity contribution in [3.05, 3.63) is 51.9 Å². The summed E-state index contributed by atoms with van der Waals surface area (Å²) in [5.74, 6) is 0.172. The minimum Gasteiger partial charge on any atom is -0.376 e. The van der Waals surface area contributed by atoms with E-state index in [4.69, 9.17) is 4.74 Å². The minimum atomic E-state index is 0.0166. The molecule has 0 saturated carbocycles. The Balaban J connectivity index is 1.70. The van der Waals surface area contributed by atoms with Crippen molar-refractivity contribution in [2.24, 2.45) is 7.05 Å². The van der Waals surface area contributed by atoms with Crippen molar-refractivity contribution in [1.82, 2.24) is 4.57 Å². The number of aryl methyl sites for hydroxylation is 3. The molecule has 1 amide bonds. The van der Waals surface area contributed by atoms with Crippen molar-refractivity contribution in [3.8, 4) is 11.1 Å². The second-order valence-electron chi connectivity index (χ2n) is 7.66. The van der Waals surface area contributed by atoms with Crippen LogP contribution >= 0.6 is 0 Å². The molecule has 0 aliphatic carbocycles. The summed E-state index contributed by atoms with van der Waals surface area (Å²) >= 11 is 0. The molecule has 0 spiro atoms. The first-order chi connectivity index (χ1) is 13.0. The molecular formula is C22H26N2O3. The highest BCUT2D eigenvalue weighted by molar-refractivity contribution is 5.97. The lowest BCUT2D eigenvalue weighted by atomic mass is 9.95. The molecule has 1 aromatic heterocycles. The van der Waals surface area contributed by atoms with E-state index in [1.807, 2.05) is 24.1 Å². The van der Waals surface area contributed by atoms with Crippen LogP contribution in [0.3, 0.4) is 0 Å². The fraction of sp³-hybridized carbons (Fsp3) is 0.455. The summed E-state index contributed by atoms with van der Waals surface area (Å²) in [6.07, 6.45) is 6.60. The molecule has 1 atom stereocenters. The highest BCUT2D eigenvalue weighted by atomic mass is 16.5. The predicted octanol–water partition coefficient (Wildman–Crippen LogP) is 3.21. The van der Waals surface area contributed by atoms with Crippen molar-refractivity contribution < 1.29 is 9.53 Å². The van der Waals surface area contributed by atoms with Gasteiger partial charge in [-0.3, -0.25) is 9.59 Å². The number of ether oxygens (including phenoxy) is 1. The van der Waals surface area contributed by atoms with E-state index in [1.165, 1.54) is 5.56 Å². The molecule has 0 N–H and O–H groups in total. The van der Waals surface area contributed by atoms with Crippen molar-refractivity contribution in [2.75, 3.05) is 18.1 Å². The number of rotatable bonds is 3. The van der Waals surface area contributed by atoms with Gasteiger partial charge in [0, 0.05) is 37.5 Å². The molecule has 1 aromatic carbocycles. The number of aromatic nitrogens is 1. The SMILES string of the molecule is Cc1cc(-c2ccc3c(c2)N(C[C@@H]2CCCCO2)C(=O)CC3)cn(C)c1=O. The predicted molar refractivity (Wildman–Crippen MR) is 106 cm³/mol. The van der Waals surface area contributed by atoms with Crippen molar-refractivity contribution in [1.29, 1.82) is 0 Å². The van der Waals surface area contributed by atoms with Crippen LogP contribution in [0.2, 0.25) is 0 Å². The third-order valence-electron chi connectivity index (χ3n) is 5.64. The second-order valence-corrected chi connectivity index (χ2v) is 7.66. The summed E-state index contributed by atoms with van der Waals surface area (Å²) in [5.41, 5.74) is 4.94. The molecule has 4 rings (SSSR count). The number of fused-ring (bicyclic) bond motifs is 1. The summed E-state index contributed by atoms with van der Waals surface area (Å²) in [4.78, 5) is 26.6. The number of hydrogen-bond acceptors (Lipinski definition) is 3. The number of anilines is 1. The fourth-order valence-corrected chi connectivity index (χ4v) is 4.11. The Bertz CT molecular complexity index is 899. The smallest absolute Gasteiger partial charge is 0.253 e. The number of carbonyl (C=O) groups excluding carboxylic acids is 1. The van der Waals surface area contributed by atoms with E-state index in [9.17, 15) is 9.59 Å². The highest BCUT2D eigenvalue weighted by Crippen LogP contribution is 2.33. The van der Waals surface area contributed by atoms with Crippen molar-refractivity contribution in [3.63, 3.8) is 0 Å². The average Bonchev–Trinajstić information content (AvgIpc) is 2.68. The monoisotopic (exact) mass is 366 g/mol. The average molecular weight is 366 g/mol. The van der Waals surface area contributed by atoms with Crippen LogP contribution in [0.5, 0.6) is 0 Å². The lowest BCUT2D eigenvalue weighted by Crippen LogP contribution is -2.42. The Labute approximate surface area is 159 Å². The zero-order valence-corrected chi connectivity index (χ0v) is 16.0. The Morgan fingerprint density at radius 1 is 1.11 bits per heavy atom. The van der Waals surface area contributed by atoms with E-state index in [-0.39, 0.29) is 17.6 Å². The molecule has 27 heavy (non-hydrogen) atoms. The molecule has 0 unspecified atom stereocenters. The summed E-state index contributed by atoms with van der Waals surface area (Å²) in [5, 5.41) is 0. The van der Waals surface area contributed by atoms with Gasteiger partial charge in [0.25, 0.3) is 5.56 Å². The van der Waals surface area contributed by atoms with Crippen LogP contribution in [0.1, 0.15) is 36.8 Å². The van der Waals surface area contributed by atoms with Gasteiger partial charge in [-0.05, 0) is 61.4 Å². The number of amides is 1. The highest BCUT2D eigenvalue weighted by Gasteiger charge is 2.28. The molecule has 3 heterocycles. The first kappa shape index (κ1) is 18.0. The van der Waals surface area contributed by atoms with Crippen LogP contribution in [0.25, 0.3) is 11.1 Å². The first-order valence-corrected chi connectivity index (χ1v) is 9.75. The molecule has 1 fully saturated rings. The quantitative estimate of drug-likeness (QED) is 0.838. The Morgan fingerprint density at radius 2 is 1.96 bits per heavy atom. The van der Waals surface area contributed by atoms with Crippen LogP contribution in [0.4, 0.5) is 5.69 Å². The van der Waals surface area contributed by atoms with Crippen molar-refractivity contribution >= 4 is 11.6 Å². The van der Waals surface area contributed by atoms with Crippen LogP contribution in [0.15, 0.2) is 35.3 Å². The maximum atomic E-state index is 12.7. The van der Waals surface area contributed by atoms with Crippen LogP contribution in [0, 0.1) is 6.92 Å². The molecular weight excluding hydrogens is 340 g/mol. The van der Waals surface area contributed by atoms with Gasteiger partial charge in [-0.1, -0.05) is 12.1 Å². The van der Waals surface area contributed by atoms with E-state index in [0.29, 0.717) is 13.0 Å². The topological polar surface area (TPSA) is 51.5 Å². The number of nitrogens with zero attached hydrogens (tertiary/aromatic N) is 2. The second kappa shape index (κ2) is 7.31. The Kier molecular flexibility index (Phi) is 4.87. The van der Waals surface area contributed by atoms with Gasteiger partial charge >= 0.3 is 0 Å². The Morgan fingerprint density at radius 3 is 2.70 bits per heavy atom.